The molecule has 0 atom stereocenters. The van der Waals surface area contributed by atoms with Crippen molar-refractivity contribution in [2.75, 3.05) is 10.5 Å². The van der Waals surface area contributed by atoms with Crippen molar-refractivity contribution >= 4 is 44.3 Å². The minimum Gasteiger partial charge on any atom is -0.481 e. The fraction of sp³-hybridized carbons (Fsp3) is 0.364. The van der Waals surface area contributed by atoms with Crippen LogP contribution in [0.3, 0.4) is 0 Å². The molecule has 0 spiro atoms. The summed E-state index contributed by atoms with van der Waals surface area (Å²) in [6.07, 6.45) is -0.0410. The summed E-state index contributed by atoms with van der Waals surface area (Å²) in [7, 11) is -3.48. The van der Waals surface area contributed by atoms with E-state index in [-0.39, 0.29) is 18.6 Å². The Hall–Kier alpha value is -0.830. The van der Waals surface area contributed by atoms with Gasteiger partial charge < -0.3 is 5.11 Å². The van der Waals surface area contributed by atoms with Gasteiger partial charge in [-0.1, -0.05) is 0 Å². The van der Waals surface area contributed by atoms with E-state index in [0.717, 1.165) is 9.13 Å². The van der Waals surface area contributed by atoms with E-state index in [2.05, 4.69) is 27.3 Å². The summed E-state index contributed by atoms with van der Waals surface area (Å²) in [5.41, 5.74) is 1.37. The Morgan fingerprint density at radius 2 is 2.11 bits per heavy atom. The minimum absolute atomic E-state index is 0.105. The number of rotatable bonds is 6. The summed E-state index contributed by atoms with van der Waals surface area (Å²) < 4.78 is 26.9. The van der Waals surface area contributed by atoms with E-state index in [0.29, 0.717) is 5.69 Å². The average Bonchev–Trinajstić information content (AvgIpc) is 2.21. The van der Waals surface area contributed by atoms with Crippen LogP contribution in [0.25, 0.3) is 0 Å². The maximum Gasteiger partial charge on any atom is 0.303 e. The molecule has 0 fully saturated rings. The molecule has 0 aliphatic carbocycles. The summed E-state index contributed by atoms with van der Waals surface area (Å²) in [5.74, 6) is -1.18. The molecule has 0 bridgehead atoms. The van der Waals surface area contributed by atoms with Crippen LogP contribution in [0, 0.1) is 10.5 Å². The minimum atomic E-state index is -3.48. The van der Waals surface area contributed by atoms with Crippen LogP contribution in [0.2, 0.25) is 0 Å². The summed E-state index contributed by atoms with van der Waals surface area (Å²) in [6, 6.07) is 5.38. The highest BCUT2D eigenvalue weighted by molar-refractivity contribution is 14.1. The smallest absolute Gasteiger partial charge is 0.303 e. The van der Waals surface area contributed by atoms with E-state index in [1.165, 1.54) is 0 Å². The predicted molar refractivity (Wildman–Crippen MR) is 78.2 cm³/mol. The predicted octanol–water partition coefficient (Wildman–Crippen LogP) is 2.21. The van der Waals surface area contributed by atoms with Gasteiger partial charge in [0.1, 0.15) is 0 Å². The summed E-state index contributed by atoms with van der Waals surface area (Å²) in [4.78, 5) is 10.3. The lowest BCUT2D eigenvalue weighted by Gasteiger charge is -2.10. The molecule has 0 saturated carbocycles. The molecule has 0 aliphatic rings. The van der Waals surface area contributed by atoms with Crippen LogP contribution in [0.15, 0.2) is 18.2 Å². The van der Waals surface area contributed by atoms with Crippen molar-refractivity contribution < 1.29 is 18.3 Å². The van der Waals surface area contributed by atoms with E-state index in [1.807, 2.05) is 19.1 Å². The lowest BCUT2D eigenvalue weighted by atomic mass is 10.2. The molecule has 18 heavy (non-hydrogen) atoms. The molecule has 7 heteroatoms. The van der Waals surface area contributed by atoms with E-state index < -0.39 is 16.0 Å². The fourth-order valence-corrected chi connectivity index (χ4v) is 3.21. The van der Waals surface area contributed by atoms with E-state index >= 15 is 0 Å². The SMILES string of the molecule is Cc1cc(I)ccc1NS(=O)(=O)CCCC(=O)O. The van der Waals surface area contributed by atoms with Crippen LogP contribution < -0.4 is 4.72 Å². The summed E-state index contributed by atoms with van der Waals surface area (Å²) in [5, 5.41) is 8.46. The number of carboxylic acids is 1. The van der Waals surface area contributed by atoms with Crippen LogP contribution in [-0.2, 0) is 14.8 Å². The number of carbonyl (C=O) groups is 1. The van der Waals surface area contributed by atoms with Gasteiger partial charge in [0, 0.05) is 9.99 Å². The van der Waals surface area contributed by atoms with Crippen molar-refractivity contribution in [3.05, 3.63) is 27.3 Å². The zero-order valence-electron chi connectivity index (χ0n) is 9.81. The summed E-state index contributed by atoms with van der Waals surface area (Å²) in [6.45, 7) is 1.82. The number of hydrogen-bond donors (Lipinski definition) is 2. The van der Waals surface area contributed by atoms with Crippen molar-refractivity contribution in [2.45, 2.75) is 19.8 Å². The number of hydrogen-bond acceptors (Lipinski definition) is 3. The second-order valence-corrected chi connectivity index (χ2v) is 6.96. The average molecular weight is 383 g/mol. The third-order valence-electron chi connectivity index (χ3n) is 2.26. The third kappa shape index (κ3) is 5.21. The van der Waals surface area contributed by atoms with Crippen LogP contribution in [0.5, 0.6) is 0 Å². The molecule has 100 valence electrons. The molecule has 1 aromatic carbocycles. The number of halogens is 1. The zero-order valence-corrected chi connectivity index (χ0v) is 12.8. The first-order valence-electron chi connectivity index (χ1n) is 5.28. The molecule has 1 aromatic rings. The number of anilines is 1. The van der Waals surface area contributed by atoms with E-state index in [9.17, 15) is 13.2 Å². The molecule has 0 aliphatic heterocycles. The van der Waals surface area contributed by atoms with Gasteiger partial charge in [0.15, 0.2) is 0 Å². The van der Waals surface area contributed by atoms with Crippen molar-refractivity contribution in [3.8, 4) is 0 Å². The van der Waals surface area contributed by atoms with Crippen LogP contribution in [-0.4, -0.2) is 25.2 Å². The number of sulfonamides is 1. The Kier molecular flexibility index (Phi) is 5.39. The first-order chi connectivity index (χ1) is 8.30. The molecule has 0 saturated heterocycles. The highest BCUT2D eigenvalue weighted by Crippen LogP contribution is 2.19. The quantitative estimate of drug-likeness (QED) is 0.738. The standard InChI is InChI=1S/C11H14INO4S/c1-8-7-9(12)4-5-10(8)13-18(16,17)6-2-3-11(14)15/h4-5,7,13H,2-3,6H2,1H3,(H,14,15). The van der Waals surface area contributed by atoms with Gasteiger partial charge in [0.2, 0.25) is 10.0 Å². The van der Waals surface area contributed by atoms with Gasteiger partial charge in [0.25, 0.3) is 0 Å². The highest BCUT2D eigenvalue weighted by atomic mass is 127. The van der Waals surface area contributed by atoms with Gasteiger partial charge in [-0.2, -0.15) is 0 Å². The topological polar surface area (TPSA) is 83.5 Å². The number of carboxylic acid groups (broad SMARTS) is 1. The van der Waals surface area contributed by atoms with Crippen LogP contribution >= 0.6 is 22.6 Å². The first kappa shape index (κ1) is 15.2. The van der Waals surface area contributed by atoms with Crippen molar-refractivity contribution in [2.24, 2.45) is 0 Å². The molecule has 0 amide bonds. The van der Waals surface area contributed by atoms with Crippen LogP contribution in [0.4, 0.5) is 5.69 Å². The largest absolute Gasteiger partial charge is 0.481 e. The van der Waals surface area contributed by atoms with Crippen molar-refractivity contribution in [1.82, 2.24) is 0 Å². The van der Waals surface area contributed by atoms with E-state index in [1.54, 1.807) is 6.07 Å². The Morgan fingerprint density at radius 3 is 2.67 bits per heavy atom. The Bertz CT molecular complexity index is 542. The summed E-state index contributed by atoms with van der Waals surface area (Å²) >= 11 is 2.15. The number of benzene rings is 1. The molecular weight excluding hydrogens is 369 g/mol. The van der Waals surface area contributed by atoms with E-state index in [4.69, 9.17) is 5.11 Å². The lowest BCUT2D eigenvalue weighted by molar-refractivity contribution is -0.137. The molecule has 0 unspecified atom stereocenters. The van der Waals surface area contributed by atoms with Crippen molar-refractivity contribution in [1.29, 1.82) is 0 Å². The van der Waals surface area contributed by atoms with Gasteiger partial charge in [-0.3, -0.25) is 9.52 Å². The zero-order chi connectivity index (χ0) is 13.8. The molecule has 0 aromatic heterocycles. The molecule has 0 radical (unpaired) electrons. The number of aliphatic carboxylic acids is 1. The number of aryl methyl sites for hydroxylation is 1. The number of nitrogens with one attached hydrogen (secondary N) is 1. The van der Waals surface area contributed by atoms with Gasteiger partial charge in [-0.05, 0) is 59.7 Å². The van der Waals surface area contributed by atoms with Crippen LogP contribution in [0.1, 0.15) is 18.4 Å². The maximum atomic E-state index is 11.7. The Balaban J connectivity index is 2.67. The Morgan fingerprint density at radius 1 is 1.44 bits per heavy atom. The van der Waals surface area contributed by atoms with Crippen molar-refractivity contribution in [3.63, 3.8) is 0 Å². The lowest BCUT2D eigenvalue weighted by Crippen LogP contribution is -2.18. The van der Waals surface area contributed by atoms with Gasteiger partial charge in [-0.25, -0.2) is 8.42 Å². The molecule has 0 heterocycles. The molecule has 1 rings (SSSR count). The molecule has 5 nitrogen and oxygen atoms in total. The molecular formula is C11H14INO4S. The fourth-order valence-electron chi connectivity index (χ4n) is 1.37. The second kappa shape index (κ2) is 6.37. The van der Waals surface area contributed by atoms with Gasteiger partial charge in [0.05, 0.1) is 11.4 Å². The monoisotopic (exact) mass is 383 g/mol. The Labute approximate surface area is 120 Å². The van der Waals surface area contributed by atoms with Gasteiger partial charge >= 0.3 is 5.97 Å². The maximum absolute atomic E-state index is 11.7. The first-order valence-corrected chi connectivity index (χ1v) is 8.02. The normalized spacial score (nSPS) is 11.2. The third-order valence-corrected chi connectivity index (χ3v) is 4.29. The molecule has 2 N–H and O–H groups in total. The van der Waals surface area contributed by atoms with Gasteiger partial charge in [-0.15, -0.1) is 0 Å². The highest BCUT2D eigenvalue weighted by Gasteiger charge is 2.12. The second-order valence-electron chi connectivity index (χ2n) is 3.88.